The van der Waals surface area contributed by atoms with E-state index in [4.69, 9.17) is 23.2 Å². The van der Waals surface area contributed by atoms with Crippen LogP contribution in [0.25, 0.3) is 0 Å². The van der Waals surface area contributed by atoms with E-state index in [2.05, 4.69) is 11.8 Å². The zero-order valence-corrected chi connectivity index (χ0v) is 13.5. The first kappa shape index (κ1) is 11.9. The first-order chi connectivity index (χ1) is 7.72. The Morgan fingerprint density at radius 2 is 1.56 bits per heavy atom. The van der Waals surface area contributed by atoms with Gasteiger partial charge in [0, 0.05) is 18.3 Å². The molecular weight excluding hydrogens is 341 g/mol. The van der Waals surface area contributed by atoms with Crippen molar-refractivity contribution in [2.75, 3.05) is 11.4 Å². The molecule has 1 nitrogen and oxygen atoms in total. The van der Waals surface area contributed by atoms with E-state index in [9.17, 15) is 0 Å². The van der Waals surface area contributed by atoms with Gasteiger partial charge in [-0.25, -0.2) is 0 Å². The van der Waals surface area contributed by atoms with Crippen LogP contribution >= 0.6 is 76.3 Å². The Balaban J connectivity index is 2.23. The summed E-state index contributed by atoms with van der Waals surface area (Å²) < 4.78 is 4.31. The lowest BCUT2D eigenvalue weighted by atomic mass is 10.4. The molecule has 0 fully saturated rings. The van der Waals surface area contributed by atoms with Gasteiger partial charge in [-0.2, -0.15) is 0 Å². The lowest BCUT2D eigenvalue weighted by molar-refractivity contribution is 1.00. The number of fused-ring (bicyclic) bond motifs is 2. The van der Waals surface area contributed by atoms with Crippen LogP contribution < -0.4 is 4.90 Å². The Morgan fingerprint density at radius 3 is 2.00 bits per heavy atom. The SMILES string of the molecule is CCN1c2c(Cl)s[s+]c2Sc2[s+]sc(Cl)c21. The summed E-state index contributed by atoms with van der Waals surface area (Å²) in [6.45, 7) is 3.02. The fraction of sp³-hybridized carbons (Fsp3) is 0.250. The van der Waals surface area contributed by atoms with E-state index >= 15 is 0 Å². The molecule has 0 N–H and O–H groups in total. The van der Waals surface area contributed by atoms with Gasteiger partial charge in [-0.15, -0.1) is 0 Å². The summed E-state index contributed by atoms with van der Waals surface area (Å²) in [5, 5.41) is 0. The second-order valence-corrected chi connectivity index (χ2v) is 10.0. The summed E-state index contributed by atoms with van der Waals surface area (Å²) in [6, 6.07) is 0. The summed E-state index contributed by atoms with van der Waals surface area (Å²) in [4.78, 5) is 2.23. The summed E-state index contributed by atoms with van der Waals surface area (Å²) in [5.74, 6) is 0. The van der Waals surface area contributed by atoms with Crippen LogP contribution in [0.15, 0.2) is 8.42 Å². The molecular formula is C8H5Cl2NS5+2. The van der Waals surface area contributed by atoms with Gasteiger partial charge < -0.3 is 4.90 Å². The van der Waals surface area contributed by atoms with Crippen LogP contribution in [0.1, 0.15) is 6.92 Å². The van der Waals surface area contributed by atoms with Crippen LogP contribution in [0.4, 0.5) is 11.4 Å². The van der Waals surface area contributed by atoms with E-state index in [-0.39, 0.29) is 0 Å². The number of rotatable bonds is 1. The highest BCUT2D eigenvalue weighted by Crippen LogP contribution is 2.60. The molecule has 0 aliphatic carbocycles. The van der Waals surface area contributed by atoms with Crippen LogP contribution in [-0.2, 0) is 0 Å². The summed E-state index contributed by atoms with van der Waals surface area (Å²) >= 11 is 14.3. The van der Waals surface area contributed by atoms with Gasteiger partial charge in [0.25, 0.3) is 0 Å². The maximum absolute atomic E-state index is 6.25. The minimum Gasteiger partial charge on any atom is -0.327 e. The molecule has 0 aromatic carbocycles. The average molecular weight is 346 g/mol. The Hall–Kier alpha value is 0.830. The minimum absolute atomic E-state index is 0.868. The predicted molar refractivity (Wildman–Crippen MR) is 80.0 cm³/mol. The Bertz CT molecular complexity index is 502. The molecule has 1 aliphatic rings. The quantitative estimate of drug-likeness (QED) is 0.433. The number of halogens is 2. The second-order valence-electron chi connectivity index (χ2n) is 3.00. The van der Waals surface area contributed by atoms with E-state index in [0.29, 0.717) is 0 Å². The lowest BCUT2D eigenvalue weighted by Crippen LogP contribution is -2.18. The number of hydrogen-bond acceptors (Lipinski definition) is 4. The van der Waals surface area contributed by atoms with Gasteiger partial charge in [0.1, 0.15) is 0 Å². The molecule has 0 atom stereocenters. The van der Waals surface area contributed by atoms with E-state index < -0.39 is 0 Å². The molecule has 0 radical (unpaired) electrons. The standard InChI is InChI=1S/C8H5Cl2NS5/c1-2-11-3-5(9)13-15-7(3)12-8-4(11)6(10)14-16-8/h2H2,1H3/q+2. The highest BCUT2D eigenvalue weighted by molar-refractivity contribution is 8.06. The average Bonchev–Trinajstić information content (AvgIpc) is 2.82. The first-order valence-corrected chi connectivity index (χ1v) is 10.3. The van der Waals surface area contributed by atoms with Crippen LogP contribution in [0.5, 0.6) is 0 Å². The third kappa shape index (κ3) is 1.70. The molecule has 0 saturated heterocycles. The van der Waals surface area contributed by atoms with Crippen molar-refractivity contribution in [2.45, 2.75) is 15.3 Å². The topological polar surface area (TPSA) is 3.24 Å². The van der Waals surface area contributed by atoms with Crippen molar-refractivity contribution in [3.8, 4) is 0 Å². The molecule has 3 heterocycles. The van der Waals surface area contributed by atoms with Crippen molar-refractivity contribution < 1.29 is 0 Å². The smallest absolute Gasteiger partial charge is 0.316 e. The molecule has 16 heavy (non-hydrogen) atoms. The molecule has 0 unspecified atom stereocenters. The van der Waals surface area contributed by atoms with E-state index in [1.54, 1.807) is 53.1 Å². The molecule has 1 aliphatic heterocycles. The maximum atomic E-state index is 6.25. The molecule has 0 amide bonds. The molecule has 84 valence electrons. The van der Waals surface area contributed by atoms with Crippen molar-refractivity contribution >= 4 is 87.7 Å². The monoisotopic (exact) mass is 345 g/mol. The fourth-order valence-corrected chi connectivity index (χ4v) is 9.23. The summed E-state index contributed by atoms with van der Waals surface area (Å²) in [7, 11) is 6.74. The van der Waals surface area contributed by atoms with Gasteiger partial charge in [0.05, 0.1) is 0 Å². The molecule has 2 aromatic rings. The zero-order chi connectivity index (χ0) is 11.3. The van der Waals surface area contributed by atoms with Crippen LogP contribution in [0, 0.1) is 0 Å². The van der Waals surface area contributed by atoms with E-state index in [1.807, 2.05) is 0 Å². The number of hydrogen-bond donors (Lipinski definition) is 0. The van der Waals surface area contributed by atoms with E-state index in [0.717, 1.165) is 26.6 Å². The highest BCUT2D eigenvalue weighted by Gasteiger charge is 2.42. The third-order valence-corrected chi connectivity index (χ3v) is 9.98. The van der Waals surface area contributed by atoms with Crippen molar-refractivity contribution in [2.24, 2.45) is 0 Å². The third-order valence-electron chi connectivity index (χ3n) is 2.18. The van der Waals surface area contributed by atoms with Gasteiger partial charge in [0.15, 0.2) is 40.7 Å². The van der Waals surface area contributed by atoms with Gasteiger partial charge in [0.2, 0.25) is 0 Å². The molecule has 8 heteroatoms. The molecule has 0 saturated carbocycles. The Kier molecular flexibility index (Phi) is 3.34. The normalized spacial score (nSPS) is 13.8. The van der Waals surface area contributed by atoms with Gasteiger partial charge in [-0.05, 0) is 6.92 Å². The zero-order valence-electron chi connectivity index (χ0n) is 7.95. The number of anilines is 2. The molecule has 2 aromatic heterocycles. The maximum Gasteiger partial charge on any atom is 0.316 e. The van der Waals surface area contributed by atoms with Gasteiger partial charge >= 0.3 is 29.1 Å². The lowest BCUT2D eigenvalue weighted by Gasteiger charge is -2.21. The van der Waals surface area contributed by atoms with E-state index in [1.165, 1.54) is 8.42 Å². The van der Waals surface area contributed by atoms with Crippen molar-refractivity contribution in [3.63, 3.8) is 0 Å². The van der Waals surface area contributed by atoms with Crippen molar-refractivity contribution in [1.82, 2.24) is 0 Å². The number of nitrogens with zero attached hydrogens (tertiary/aromatic N) is 1. The van der Waals surface area contributed by atoms with Crippen molar-refractivity contribution in [1.29, 1.82) is 0 Å². The Morgan fingerprint density at radius 1 is 1.06 bits per heavy atom. The van der Waals surface area contributed by atoms with Gasteiger partial charge in [-0.3, -0.25) is 0 Å². The summed E-state index contributed by atoms with van der Waals surface area (Å²) in [5.41, 5.74) is 2.29. The second kappa shape index (κ2) is 4.50. The van der Waals surface area contributed by atoms with Crippen LogP contribution in [0.3, 0.4) is 0 Å². The predicted octanol–water partition coefficient (Wildman–Crippen LogP) is 6.42. The summed E-state index contributed by atoms with van der Waals surface area (Å²) in [6.07, 6.45) is 0. The fourth-order valence-electron chi connectivity index (χ4n) is 1.54. The van der Waals surface area contributed by atoms with Gasteiger partial charge in [-0.1, -0.05) is 23.2 Å². The molecule has 3 rings (SSSR count). The first-order valence-electron chi connectivity index (χ1n) is 4.41. The molecule has 0 spiro atoms. The Labute approximate surface area is 122 Å². The molecule has 0 bridgehead atoms. The largest absolute Gasteiger partial charge is 0.327 e. The highest BCUT2D eigenvalue weighted by atomic mass is 35.5. The van der Waals surface area contributed by atoms with Crippen LogP contribution in [-0.4, -0.2) is 6.54 Å². The van der Waals surface area contributed by atoms with Crippen LogP contribution in [0.2, 0.25) is 8.67 Å². The minimum atomic E-state index is 0.868. The van der Waals surface area contributed by atoms with Crippen molar-refractivity contribution in [3.05, 3.63) is 8.67 Å².